The molecule has 0 spiro atoms. The number of fused-ring (bicyclic) bond motifs is 1. The van der Waals surface area contributed by atoms with Crippen molar-refractivity contribution in [2.45, 2.75) is 45.6 Å². The predicted molar refractivity (Wildman–Crippen MR) is 74.4 cm³/mol. The number of hydrogen-bond donors (Lipinski definition) is 1. The Morgan fingerprint density at radius 3 is 2.80 bits per heavy atom. The van der Waals surface area contributed by atoms with E-state index in [-0.39, 0.29) is 18.8 Å². The van der Waals surface area contributed by atoms with E-state index in [0.29, 0.717) is 18.1 Å². The van der Waals surface area contributed by atoms with Crippen LogP contribution in [0.3, 0.4) is 0 Å². The van der Waals surface area contributed by atoms with E-state index >= 15 is 0 Å². The summed E-state index contributed by atoms with van der Waals surface area (Å²) in [7, 11) is 1.60. The third-order valence-corrected chi connectivity index (χ3v) is 4.04. The van der Waals surface area contributed by atoms with Gasteiger partial charge in [0.15, 0.2) is 0 Å². The van der Waals surface area contributed by atoms with Crippen molar-refractivity contribution in [1.29, 1.82) is 0 Å². The number of carbonyl (C=O) groups is 1. The first-order valence-corrected chi connectivity index (χ1v) is 7.25. The lowest BCUT2D eigenvalue weighted by molar-refractivity contribution is 0.000569. The molecule has 6 nitrogen and oxygen atoms in total. The van der Waals surface area contributed by atoms with Crippen LogP contribution in [0.5, 0.6) is 0 Å². The summed E-state index contributed by atoms with van der Waals surface area (Å²) in [5, 5.41) is 9.82. The molecule has 1 amide bonds. The van der Waals surface area contributed by atoms with E-state index in [0.717, 1.165) is 10.6 Å². The average Bonchev–Trinajstić information content (AvgIpc) is 2.78. The van der Waals surface area contributed by atoms with E-state index in [1.807, 2.05) is 20.8 Å². The standard InChI is InChI=1S/C13H20N2O4S/c1-13(2,3)19-12(17)15-5-8-11(9(6-15)18-4)20-10(7-16)14-8/h9,16H,5-7H2,1-4H3. The molecule has 112 valence electrons. The van der Waals surface area contributed by atoms with Gasteiger partial charge in [-0.15, -0.1) is 11.3 Å². The highest BCUT2D eigenvalue weighted by Gasteiger charge is 2.33. The minimum atomic E-state index is -0.530. The van der Waals surface area contributed by atoms with Crippen LogP contribution in [0.1, 0.15) is 42.5 Å². The Hall–Kier alpha value is -1.18. The second-order valence-corrected chi connectivity index (χ2v) is 6.78. The summed E-state index contributed by atoms with van der Waals surface area (Å²) in [6.45, 7) is 6.23. The fraction of sp³-hybridized carbons (Fsp3) is 0.692. The van der Waals surface area contributed by atoms with Crippen LogP contribution in [-0.2, 0) is 22.6 Å². The largest absolute Gasteiger partial charge is 0.444 e. The topological polar surface area (TPSA) is 71.9 Å². The number of carbonyl (C=O) groups excluding carboxylic acids is 1. The van der Waals surface area contributed by atoms with Gasteiger partial charge in [0.25, 0.3) is 0 Å². The zero-order chi connectivity index (χ0) is 14.9. The molecule has 1 N–H and O–H groups in total. The molecule has 0 fully saturated rings. The summed E-state index contributed by atoms with van der Waals surface area (Å²) >= 11 is 1.43. The molecule has 0 saturated heterocycles. The normalized spacial score (nSPS) is 18.9. The number of methoxy groups -OCH3 is 1. The molecule has 1 aliphatic heterocycles. The lowest BCUT2D eigenvalue weighted by atomic mass is 10.1. The molecule has 0 bridgehead atoms. The number of ether oxygens (including phenoxy) is 2. The van der Waals surface area contributed by atoms with Crippen molar-refractivity contribution < 1.29 is 19.4 Å². The van der Waals surface area contributed by atoms with E-state index in [4.69, 9.17) is 9.47 Å². The minimum absolute atomic E-state index is 0.0967. The molecule has 1 aromatic rings. The number of rotatable bonds is 2. The fourth-order valence-corrected chi connectivity index (χ4v) is 3.03. The summed E-state index contributed by atoms with van der Waals surface area (Å²) < 4.78 is 10.8. The van der Waals surface area contributed by atoms with Gasteiger partial charge in [-0.05, 0) is 20.8 Å². The highest BCUT2D eigenvalue weighted by Crippen LogP contribution is 2.34. The van der Waals surface area contributed by atoms with E-state index in [1.54, 1.807) is 12.0 Å². The van der Waals surface area contributed by atoms with Gasteiger partial charge in [0.2, 0.25) is 0 Å². The minimum Gasteiger partial charge on any atom is -0.444 e. The fourth-order valence-electron chi connectivity index (χ4n) is 2.02. The van der Waals surface area contributed by atoms with Crippen LogP contribution in [0.4, 0.5) is 4.79 Å². The second kappa shape index (κ2) is 5.67. The lowest BCUT2D eigenvalue weighted by Crippen LogP contribution is -2.41. The lowest BCUT2D eigenvalue weighted by Gasteiger charge is -2.32. The number of aliphatic hydroxyl groups excluding tert-OH is 1. The Balaban J connectivity index is 2.18. The molecule has 2 heterocycles. The Bertz CT molecular complexity index is 495. The maximum atomic E-state index is 12.1. The summed E-state index contributed by atoms with van der Waals surface area (Å²) in [6, 6.07) is 0. The summed E-state index contributed by atoms with van der Waals surface area (Å²) in [5.74, 6) is 0. The number of aromatic nitrogens is 1. The first kappa shape index (κ1) is 15.2. The molecule has 7 heteroatoms. The zero-order valence-corrected chi connectivity index (χ0v) is 13.0. The van der Waals surface area contributed by atoms with Gasteiger partial charge >= 0.3 is 6.09 Å². The molecular formula is C13H20N2O4S. The van der Waals surface area contributed by atoms with Crippen LogP contribution in [0.25, 0.3) is 0 Å². The van der Waals surface area contributed by atoms with Crippen LogP contribution in [-0.4, -0.2) is 40.3 Å². The molecule has 0 aliphatic carbocycles. The van der Waals surface area contributed by atoms with Crippen LogP contribution in [0, 0.1) is 0 Å². The molecule has 1 aliphatic rings. The van der Waals surface area contributed by atoms with Gasteiger partial charge in [0, 0.05) is 7.11 Å². The van der Waals surface area contributed by atoms with Gasteiger partial charge in [-0.1, -0.05) is 0 Å². The number of amides is 1. The van der Waals surface area contributed by atoms with Crippen molar-refractivity contribution in [2.75, 3.05) is 13.7 Å². The molecule has 20 heavy (non-hydrogen) atoms. The Morgan fingerprint density at radius 2 is 2.25 bits per heavy atom. The molecule has 0 radical (unpaired) electrons. The van der Waals surface area contributed by atoms with Gasteiger partial charge in [0.1, 0.15) is 16.7 Å². The Kier molecular flexibility index (Phi) is 4.31. The molecule has 0 saturated carbocycles. The SMILES string of the molecule is COC1CN(C(=O)OC(C)(C)C)Cc2nc(CO)sc21. The van der Waals surface area contributed by atoms with Crippen molar-refractivity contribution >= 4 is 17.4 Å². The summed E-state index contributed by atoms with van der Waals surface area (Å²) in [6.07, 6.45) is -0.590. The molecule has 1 unspecified atom stereocenters. The first-order valence-electron chi connectivity index (χ1n) is 6.44. The van der Waals surface area contributed by atoms with Crippen LogP contribution < -0.4 is 0 Å². The molecular weight excluding hydrogens is 280 g/mol. The van der Waals surface area contributed by atoms with Gasteiger partial charge in [-0.3, -0.25) is 4.90 Å². The van der Waals surface area contributed by atoms with E-state index in [1.165, 1.54) is 11.3 Å². The van der Waals surface area contributed by atoms with Crippen molar-refractivity contribution in [2.24, 2.45) is 0 Å². The zero-order valence-electron chi connectivity index (χ0n) is 12.2. The average molecular weight is 300 g/mol. The highest BCUT2D eigenvalue weighted by atomic mass is 32.1. The number of nitrogens with zero attached hydrogens (tertiary/aromatic N) is 2. The predicted octanol–water partition coefficient (Wildman–Crippen LogP) is 2.07. The number of aliphatic hydroxyl groups is 1. The van der Waals surface area contributed by atoms with Crippen LogP contribution in [0.2, 0.25) is 0 Å². The van der Waals surface area contributed by atoms with Crippen molar-refractivity contribution in [3.05, 3.63) is 15.6 Å². The first-order chi connectivity index (χ1) is 9.34. The van der Waals surface area contributed by atoms with Gasteiger partial charge in [-0.2, -0.15) is 0 Å². The molecule has 0 aromatic carbocycles. The van der Waals surface area contributed by atoms with Crippen LogP contribution in [0.15, 0.2) is 0 Å². The Labute approximate surface area is 122 Å². The molecule has 1 aromatic heterocycles. The van der Waals surface area contributed by atoms with Gasteiger partial charge in [0.05, 0.1) is 30.3 Å². The monoisotopic (exact) mass is 300 g/mol. The maximum Gasteiger partial charge on any atom is 0.410 e. The van der Waals surface area contributed by atoms with E-state index in [2.05, 4.69) is 4.98 Å². The third-order valence-electron chi connectivity index (χ3n) is 2.86. The second-order valence-electron chi connectivity index (χ2n) is 5.66. The van der Waals surface area contributed by atoms with Gasteiger partial charge in [-0.25, -0.2) is 9.78 Å². The number of thiazole rings is 1. The summed E-state index contributed by atoms with van der Waals surface area (Å²) in [5.41, 5.74) is 0.251. The quantitative estimate of drug-likeness (QED) is 0.905. The smallest absolute Gasteiger partial charge is 0.410 e. The Morgan fingerprint density at radius 1 is 1.55 bits per heavy atom. The molecule has 2 rings (SSSR count). The third kappa shape index (κ3) is 3.28. The summed E-state index contributed by atoms with van der Waals surface area (Å²) in [4.78, 5) is 19.0. The van der Waals surface area contributed by atoms with E-state index < -0.39 is 5.60 Å². The van der Waals surface area contributed by atoms with Crippen LogP contribution >= 0.6 is 11.3 Å². The van der Waals surface area contributed by atoms with Gasteiger partial charge < -0.3 is 14.6 Å². The van der Waals surface area contributed by atoms with E-state index in [9.17, 15) is 9.90 Å². The highest BCUT2D eigenvalue weighted by molar-refractivity contribution is 7.11. The molecule has 1 atom stereocenters. The van der Waals surface area contributed by atoms with Crippen molar-refractivity contribution in [3.8, 4) is 0 Å². The van der Waals surface area contributed by atoms with Crippen molar-refractivity contribution in [1.82, 2.24) is 9.88 Å². The maximum absolute atomic E-state index is 12.1. The number of hydrogen-bond acceptors (Lipinski definition) is 6. The van der Waals surface area contributed by atoms with Crippen molar-refractivity contribution in [3.63, 3.8) is 0 Å².